The van der Waals surface area contributed by atoms with Gasteiger partial charge in [-0.3, -0.25) is 4.79 Å². The second-order valence-electron chi connectivity index (χ2n) is 6.76. The summed E-state index contributed by atoms with van der Waals surface area (Å²) in [5.74, 6) is 2.32. The molecule has 0 spiro atoms. The summed E-state index contributed by atoms with van der Waals surface area (Å²) in [4.78, 5) is 13.4. The van der Waals surface area contributed by atoms with E-state index in [9.17, 15) is 4.79 Å². The first-order chi connectivity index (χ1) is 15.2. The van der Waals surface area contributed by atoms with Crippen LogP contribution in [0.15, 0.2) is 88.2 Å². The molecule has 0 aliphatic rings. The molecule has 3 aromatic carbocycles. The van der Waals surface area contributed by atoms with Gasteiger partial charge in [0.05, 0.1) is 19.3 Å². The van der Waals surface area contributed by atoms with Crippen molar-refractivity contribution in [3.8, 4) is 17.2 Å². The van der Waals surface area contributed by atoms with Gasteiger partial charge in [0, 0.05) is 16.1 Å². The average molecular weight is 432 g/mol. The summed E-state index contributed by atoms with van der Waals surface area (Å²) < 4.78 is 10.9. The van der Waals surface area contributed by atoms with Gasteiger partial charge in [0.25, 0.3) is 0 Å². The van der Waals surface area contributed by atoms with Gasteiger partial charge in [0.15, 0.2) is 0 Å². The number of anilines is 1. The van der Waals surface area contributed by atoms with Gasteiger partial charge in [0.1, 0.15) is 5.75 Å². The van der Waals surface area contributed by atoms with E-state index in [1.54, 1.807) is 18.9 Å². The fraction of sp³-hybridized carbons (Fsp3) is 0.125. The van der Waals surface area contributed by atoms with E-state index in [1.807, 2.05) is 78.9 Å². The molecule has 31 heavy (non-hydrogen) atoms. The molecule has 4 rings (SSSR count). The van der Waals surface area contributed by atoms with Crippen LogP contribution in [0, 0.1) is 0 Å². The van der Waals surface area contributed by atoms with Gasteiger partial charge in [-0.05, 0) is 54.1 Å². The van der Waals surface area contributed by atoms with Crippen LogP contribution in [-0.2, 0) is 17.0 Å². The van der Waals surface area contributed by atoms with Crippen molar-refractivity contribution < 1.29 is 13.9 Å². The predicted molar refractivity (Wildman–Crippen MR) is 121 cm³/mol. The minimum Gasteiger partial charge on any atom is -0.497 e. The second kappa shape index (κ2) is 9.95. The Labute approximate surface area is 184 Å². The molecule has 6 nitrogen and oxygen atoms in total. The van der Waals surface area contributed by atoms with E-state index in [1.165, 1.54) is 0 Å². The normalized spacial score (nSPS) is 10.6. The van der Waals surface area contributed by atoms with Gasteiger partial charge in [-0.25, -0.2) is 0 Å². The molecule has 0 saturated carbocycles. The third-order valence-electron chi connectivity index (χ3n) is 4.49. The average Bonchev–Trinajstić information content (AvgIpc) is 3.28. The maximum Gasteiger partial charge on any atom is 0.247 e. The number of ether oxygens (including phenoxy) is 1. The topological polar surface area (TPSA) is 77.2 Å². The summed E-state index contributed by atoms with van der Waals surface area (Å²) >= 11 is 1.59. The summed E-state index contributed by atoms with van der Waals surface area (Å²) in [6.45, 7) is 0. The number of carbonyl (C=O) groups is 1. The smallest absolute Gasteiger partial charge is 0.247 e. The third-order valence-corrected chi connectivity index (χ3v) is 5.48. The minimum atomic E-state index is -0.0760. The summed E-state index contributed by atoms with van der Waals surface area (Å²) in [6, 6.07) is 24.9. The van der Waals surface area contributed by atoms with Gasteiger partial charge in [0.2, 0.25) is 17.7 Å². The molecule has 156 valence electrons. The zero-order valence-electron chi connectivity index (χ0n) is 16.9. The van der Waals surface area contributed by atoms with Crippen molar-refractivity contribution in [1.29, 1.82) is 0 Å². The van der Waals surface area contributed by atoms with E-state index in [0.29, 0.717) is 17.5 Å². The molecule has 0 fully saturated rings. The van der Waals surface area contributed by atoms with Crippen LogP contribution in [0.25, 0.3) is 11.5 Å². The largest absolute Gasteiger partial charge is 0.497 e. The van der Waals surface area contributed by atoms with Crippen LogP contribution in [0.3, 0.4) is 0 Å². The number of nitrogens with zero attached hydrogens (tertiary/aromatic N) is 2. The molecular weight excluding hydrogens is 410 g/mol. The second-order valence-corrected chi connectivity index (χ2v) is 7.81. The first-order valence-electron chi connectivity index (χ1n) is 9.73. The number of thioether (sulfide) groups is 1. The Balaban J connectivity index is 1.29. The fourth-order valence-corrected chi connectivity index (χ4v) is 3.70. The van der Waals surface area contributed by atoms with Crippen LogP contribution < -0.4 is 10.1 Å². The van der Waals surface area contributed by atoms with E-state index in [2.05, 4.69) is 15.5 Å². The zero-order chi connectivity index (χ0) is 21.5. The zero-order valence-corrected chi connectivity index (χ0v) is 17.8. The summed E-state index contributed by atoms with van der Waals surface area (Å²) in [6.07, 6.45) is 0.286. The lowest BCUT2D eigenvalue weighted by Crippen LogP contribution is -2.14. The Kier molecular flexibility index (Phi) is 6.64. The Morgan fingerprint density at radius 2 is 1.81 bits per heavy atom. The van der Waals surface area contributed by atoms with Crippen LogP contribution in [0.4, 0.5) is 5.69 Å². The third kappa shape index (κ3) is 5.73. The van der Waals surface area contributed by atoms with Crippen LogP contribution >= 0.6 is 11.8 Å². The molecule has 4 aromatic rings. The van der Waals surface area contributed by atoms with E-state index in [-0.39, 0.29) is 12.3 Å². The molecular formula is C24H21N3O3S. The van der Waals surface area contributed by atoms with Gasteiger partial charge in [-0.1, -0.05) is 30.3 Å². The van der Waals surface area contributed by atoms with Crippen molar-refractivity contribution in [2.24, 2.45) is 0 Å². The molecule has 1 N–H and O–H groups in total. The van der Waals surface area contributed by atoms with E-state index >= 15 is 0 Å². The Bertz CT molecular complexity index is 1140. The number of carbonyl (C=O) groups excluding carboxylic acids is 1. The van der Waals surface area contributed by atoms with Crippen LogP contribution in [0.1, 0.15) is 11.5 Å². The molecule has 7 heteroatoms. The standard InChI is InChI=1S/C24H21N3O3S/c1-29-20-9-5-6-17(14-20)15-22(28)25-19-10-12-21(13-11-19)31-16-23-26-27-24(30-23)18-7-3-2-4-8-18/h2-14H,15-16H2,1H3,(H,25,28). The number of nitrogens with one attached hydrogen (secondary N) is 1. The predicted octanol–water partition coefficient (Wildman–Crippen LogP) is 5.22. The van der Waals surface area contributed by atoms with Crippen LogP contribution in [-0.4, -0.2) is 23.2 Å². The summed E-state index contributed by atoms with van der Waals surface area (Å²) in [7, 11) is 1.61. The van der Waals surface area contributed by atoms with Gasteiger partial charge in [-0.2, -0.15) is 0 Å². The molecule has 0 bridgehead atoms. The molecule has 0 unspecified atom stereocenters. The first kappa shape index (κ1) is 20.7. The Morgan fingerprint density at radius 1 is 1.00 bits per heavy atom. The number of hydrogen-bond donors (Lipinski definition) is 1. The number of amides is 1. The first-order valence-corrected chi connectivity index (χ1v) is 10.7. The van der Waals surface area contributed by atoms with Crippen molar-refractivity contribution >= 4 is 23.4 Å². The summed E-state index contributed by atoms with van der Waals surface area (Å²) in [5, 5.41) is 11.1. The lowest BCUT2D eigenvalue weighted by molar-refractivity contribution is -0.115. The molecule has 0 aliphatic carbocycles. The maximum absolute atomic E-state index is 12.3. The SMILES string of the molecule is COc1cccc(CC(=O)Nc2ccc(SCc3nnc(-c4ccccc4)o3)cc2)c1. The summed E-state index contributed by atoms with van der Waals surface area (Å²) in [5.41, 5.74) is 2.56. The van der Waals surface area contributed by atoms with Gasteiger partial charge < -0.3 is 14.5 Å². The Morgan fingerprint density at radius 3 is 2.58 bits per heavy atom. The highest BCUT2D eigenvalue weighted by molar-refractivity contribution is 7.98. The van der Waals surface area contributed by atoms with Gasteiger partial charge in [-0.15, -0.1) is 22.0 Å². The van der Waals surface area contributed by atoms with E-state index in [4.69, 9.17) is 9.15 Å². The lowest BCUT2D eigenvalue weighted by atomic mass is 10.1. The quantitative estimate of drug-likeness (QED) is 0.386. The van der Waals surface area contributed by atoms with Crippen molar-refractivity contribution in [2.75, 3.05) is 12.4 Å². The number of hydrogen-bond acceptors (Lipinski definition) is 6. The lowest BCUT2D eigenvalue weighted by Gasteiger charge is -2.07. The monoisotopic (exact) mass is 431 g/mol. The minimum absolute atomic E-state index is 0.0760. The molecule has 0 aliphatic heterocycles. The highest BCUT2D eigenvalue weighted by Crippen LogP contribution is 2.25. The number of aromatic nitrogens is 2. The molecule has 1 heterocycles. The highest BCUT2D eigenvalue weighted by Gasteiger charge is 2.09. The van der Waals surface area contributed by atoms with Crippen molar-refractivity contribution in [3.63, 3.8) is 0 Å². The molecule has 0 saturated heterocycles. The van der Waals surface area contributed by atoms with Crippen molar-refractivity contribution in [1.82, 2.24) is 10.2 Å². The van der Waals surface area contributed by atoms with Crippen molar-refractivity contribution in [3.05, 3.63) is 90.3 Å². The number of methoxy groups -OCH3 is 1. The molecule has 0 radical (unpaired) electrons. The fourth-order valence-electron chi connectivity index (χ4n) is 2.96. The van der Waals surface area contributed by atoms with E-state index in [0.717, 1.165) is 27.5 Å². The number of rotatable bonds is 8. The van der Waals surface area contributed by atoms with Gasteiger partial charge >= 0.3 is 0 Å². The highest BCUT2D eigenvalue weighted by atomic mass is 32.2. The number of benzene rings is 3. The van der Waals surface area contributed by atoms with Crippen molar-refractivity contribution in [2.45, 2.75) is 17.1 Å². The van der Waals surface area contributed by atoms with E-state index < -0.39 is 0 Å². The molecule has 1 amide bonds. The Hall–Kier alpha value is -3.58. The molecule has 1 aromatic heterocycles. The molecule has 0 atom stereocenters. The van der Waals surface area contributed by atoms with Crippen LogP contribution in [0.2, 0.25) is 0 Å². The van der Waals surface area contributed by atoms with Crippen LogP contribution in [0.5, 0.6) is 5.75 Å². The maximum atomic E-state index is 12.3.